The smallest absolute Gasteiger partial charge is 0.119 e. The van der Waals surface area contributed by atoms with E-state index < -0.39 is 5.60 Å². The zero-order valence-electron chi connectivity index (χ0n) is 12.3. The van der Waals surface area contributed by atoms with Gasteiger partial charge in [-0.3, -0.25) is 0 Å². The maximum absolute atomic E-state index is 10.9. The van der Waals surface area contributed by atoms with Gasteiger partial charge in [0.1, 0.15) is 5.75 Å². The van der Waals surface area contributed by atoms with Gasteiger partial charge in [-0.15, -0.1) is 0 Å². The minimum atomic E-state index is -0.666. The summed E-state index contributed by atoms with van der Waals surface area (Å²) in [7, 11) is 1.67. The zero-order chi connectivity index (χ0) is 13.9. The molecule has 19 heavy (non-hydrogen) atoms. The molecule has 1 aromatic rings. The summed E-state index contributed by atoms with van der Waals surface area (Å²) < 4.78 is 5.23. The van der Waals surface area contributed by atoms with E-state index >= 15 is 0 Å². The summed E-state index contributed by atoms with van der Waals surface area (Å²) in [5.74, 6) is 0.855. The number of likely N-dealkylation sites (tertiary alicyclic amines) is 1. The van der Waals surface area contributed by atoms with E-state index in [4.69, 9.17) is 4.74 Å². The maximum Gasteiger partial charge on any atom is 0.119 e. The second-order valence-corrected chi connectivity index (χ2v) is 5.55. The highest BCUT2D eigenvalue weighted by molar-refractivity contribution is 5.38. The quantitative estimate of drug-likeness (QED) is 0.906. The fourth-order valence-electron chi connectivity index (χ4n) is 3.02. The van der Waals surface area contributed by atoms with Gasteiger partial charge in [0.05, 0.1) is 12.7 Å². The number of benzene rings is 1. The predicted molar refractivity (Wildman–Crippen MR) is 77.6 cm³/mol. The lowest BCUT2D eigenvalue weighted by molar-refractivity contribution is -0.0262. The molecule has 1 aromatic carbocycles. The number of rotatable bonds is 4. The lowest BCUT2D eigenvalue weighted by atomic mass is 9.82. The van der Waals surface area contributed by atoms with Crippen molar-refractivity contribution in [2.24, 2.45) is 0 Å². The predicted octanol–water partition coefficient (Wildman–Crippen LogP) is 2.70. The van der Waals surface area contributed by atoms with Crippen molar-refractivity contribution in [3.8, 4) is 5.75 Å². The normalized spacial score (nSPS) is 19.4. The van der Waals surface area contributed by atoms with E-state index in [1.165, 1.54) is 6.42 Å². The Kier molecular flexibility index (Phi) is 4.48. The van der Waals surface area contributed by atoms with E-state index in [1.54, 1.807) is 7.11 Å². The van der Waals surface area contributed by atoms with E-state index in [1.807, 2.05) is 25.1 Å². The Bertz CT molecular complexity index is 423. The van der Waals surface area contributed by atoms with Crippen molar-refractivity contribution < 1.29 is 9.84 Å². The minimum Gasteiger partial charge on any atom is -0.497 e. The van der Waals surface area contributed by atoms with Gasteiger partial charge in [-0.1, -0.05) is 13.0 Å². The Morgan fingerprint density at radius 3 is 2.53 bits per heavy atom. The fourth-order valence-corrected chi connectivity index (χ4v) is 3.02. The number of hydrogen-bond acceptors (Lipinski definition) is 3. The van der Waals surface area contributed by atoms with Crippen LogP contribution in [0.1, 0.15) is 37.3 Å². The third kappa shape index (κ3) is 3.10. The van der Waals surface area contributed by atoms with Crippen LogP contribution in [0.4, 0.5) is 0 Å². The Morgan fingerprint density at radius 1 is 1.32 bits per heavy atom. The molecular formula is C16H25NO2. The molecule has 3 heteroatoms. The largest absolute Gasteiger partial charge is 0.497 e. The first kappa shape index (κ1) is 14.4. The van der Waals surface area contributed by atoms with Gasteiger partial charge >= 0.3 is 0 Å². The number of methoxy groups -OCH3 is 1. The molecule has 3 nitrogen and oxygen atoms in total. The van der Waals surface area contributed by atoms with E-state index in [0.29, 0.717) is 0 Å². The first-order chi connectivity index (χ1) is 9.09. The average Bonchev–Trinajstić information content (AvgIpc) is 2.41. The number of aliphatic hydroxyl groups is 1. The SMILES string of the molecule is CCCN1CCC(O)(c2ccc(OC)cc2C)CC1. The average molecular weight is 263 g/mol. The summed E-state index contributed by atoms with van der Waals surface area (Å²) in [4.78, 5) is 2.44. The molecule has 0 aliphatic carbocycles. The summed E-state index contributed by atoms with van der Waals surface area (Å²) in [6, 6.07) is 5.97. The van der Waals surface area contributed by atoms with Crippen LogP contribution in [0.15, 0.2) is 18.2 Å². The molecule has 1 aliphatic rings. The molecule has 0 amide bonds. The van der Waals surface area contributed by atoms with Gasteiger partial charge in [-0.2, -0.15) is 0 Å². The van der Waals surface area contributed by atoms with Gasteiger partial charge in [-0.25, -0.2) is 0 Å². The lowest BCUT2D eigenvalue weighted by Gasteiger charge is -2.39. The Morgan fingerprint density at radius 2 is 2.00 bits per heavy atom. The molecule has 1 saturated heterocycles. The zero-order valence-corrected chi connectivity index (χ0v) is 12.3. The Balaban J connectivity index is 2.13. The van der Waals surface area contributed by atoms with Crippen molar-refractivity contribution in [1.29, 1.82) is 0 Å². The second kappa shape index (κ2) is 5.93. The molecule has 0 saturated carbocycles. The van der Waals surface area contributed by atoms with Crippen LogP contribution < -0.4 is 4.74 Å². The molecule has 0 radical (unpaired) electrons. The molecule has 0 atom stereocenters. The van der Waals surface area contributed by atoms with E-state index in [2.05, 4.69) is 11.8 Å². The highest BCUT2D eigenvalue weighted by Crippen LogP contribution is 2.35. The maximum atomic E-state index is 10.9. The summed E-state index contributed by atoms with van der Waals surface area (Å²) in [5.41, 5.74) is 1.51. The first-order valence-electron chi connectivity index (χ1n) is 7.19. The third-order valence-corrected chi connectivity index (χ3v) is 4.16. The minimum absolute atomic E-state index is 0.666. The van der Waals surface area contributed by atoms with Gasteiger partial charge in [0, 0.05) is 13.1 Å². The molecule has 0 spiro atoms. The third-order valence-electron chi connectivity index (χ3n) is 4.16. The van der Waals surface area contributed by atoms with Gasteiger partial charge in [0.25, 0.3) is 0 Å². The molecular weight excluding hydrogens is 238 g/mol. The molecule has 1 fully saturated rings. The topological polar surface area (TPSA) is 32.7 Å². The highest BCUT2D eigenvalue weighted by Gasteiger charge is 2.34. The molecule has 0 unspecified atom stereocenters. The van der Waals surface area contributed by atoms with Crippen molar-refractivity contribution in [1.82, 2.24) is 4.90 Å². The molecule has 2 rings (SSSR count). The molecule has 0 aromatic heterocycles. The summed E-state index contributed by atoms with van der Waals surface area (Å²) in [5, 5.41) is 10.9. The van der Waals surface area contributed by atoms with Crippen LogP contribution in [0.5, 0.6) is 5.75 Å². The van der Waals surface area contributed by atoms with Crippen LogP contribution in [0.3, 0.4) is 0 Å². The Hall–Kier alpha value is -1.06. The van der Waals surface area contributed by atoms with Crippen LogP contribution >= 0.6 is 0 Å². The standard InChI is InChI=1S/C16H25NO2/c1-4-9-17-10-7-16(18,8-11-17)15-6-5-14(19-3)12-13(15)2/h5-6,12,18H,4,7-11H2,1-3H3. The first-order valence-corrected chi connectivity index (χ1v) is 7.19. The number of hydrogen-bond donors (Lipinski definition) is 1. The molecule has 1 N–H and O–H groups in total. The van der Waals surface area contributed by atoms with Gasteiger partial charge < -0.3 is 14.7 Å². The summed E-state index contributed by atoms with van der Waals surface area (Å²) in [6.45, 7) is 7.35. The van der Waals surface area contributed by atoms with Crippen LogP contribution in [0, 0.1) is 6.92 Å². The van der Waals surface area contributed by atoms with Crippen molar-refractivity contribution in [3.63, 3.8) is 0 Å². The molecule has 1 aliphatic heterocycles. The van der Waals surface area contributed by atoms with Crippen molar-refractivity contribution in [3.05, 3.63) is 29.3 Å². The molecule has 0 bridgehead atoms. The fraction of sp³-hybridized carbons (Fsp3) is 0.625. The summed E-state index contributed by atoms with van der Waals surface area (Å²) >= 11 is 0. The molecule has 106 valence electrons. The number of ether oxygens (including phenoxy) is 1. The van der Waals surface area contributed by atoms with Gasteiger partial charge in [0.15, 0.2) is 0 Å². The van der Waals surface area contributed by atoms with Gasteiger partial charge in [0.2, 0.25) is 0 Å². The lowest BCUT2D eigenvalue weighted by Crippen LogP contribution is -2.43. The summed E-state index contributed by atoms with van der Waals surface area (Å²) in [6.07, 6.45) is 2.82. The van der Waals surface area contributed by atoms with Crippen LogP contribution in [0.25, 0.3) is 0 Å². The van der Waals surface area contributed by atoms with Gasteiger partial charge in [-0.05, 0) is 56.0 Å². The van der Waals surface area contributed by atoms with Crippen molar-refractivity contribution >= 4 is 0 Å². The second-order valence-electron chi connectivity index (χ2n) is 5.55. The molecule has 1 heterocycles. The van der Waals surface area contributed by atoms with Crippen LogP contribution in [-0.2, 0) is 5.60 Å². The number of nitrogens with zero attached hydrogens (tertiary/aromatic N) is 1. The van der Waals surface area contributed by atoms with E-state index in [9.17, 15) is 5.11 Å². The Labute approximate surface area is 116 Å². The van der Waals surface area contributed by atoms with Crippen molar-refractivity contribution in [2.75, 3.05) is 26.7 Å². The van der Waals surface area contributed by atoms with E-state index in [0.717, 1.165) is 49.4 Å². The van der Waals surface area contributed by atoms with Crippen LogP contribution in [0.2, 0.25) is 0 Å². The van der Waals surface area contributed by atoms with E-state index in [-0.39, 0.29) is 0 Å². The number of piperidine rings is 1. The number of aryl methyl sites for hydroxylation is 1. The van der Waals surface area contributed by atoms with Crippen LogP contribution in [-0.4, -0.2) is 36.8 Å². The van der Waals surface area contributed by atoms with Crippen molar-refractivity contribution in [2.45, 2.75) is 38.7 Å². The highest BCUT2D eigenvalue weighted by atomic mass is 16.5. The monoisotopic (exact) mass is 263 g/mol.